The molecular weight excluding hydrogens is 316 g/mol. The maximum absolute atomic E-state index is 13.4. The van der Waals surface area contributed by atoms with E-state index in [1.54, 1.807) is 18.2 Å². The van der Waals surface area contributed by atoms with Crippen molar-refractivity contribution in [3.05, 3.63) is 52.3 Å². The molecule has 2 aromatic carbocycles. The summed E-state index contributed by atoms with van der Waals surface area (Å²) in [5, 5.41) is 12.1. The van der Waals surface area contributed by atoms with Gasteiger partial charge in [-0.3, -0.25) is 0 Å². The average Bonchev–Trinajstić information content (AvgIpc) is 2.93. The van der Waals surface area contributed by atoms with Gasteiger partial charge >= 0.3 is 0 Å². The minimum Gasteiger partial charge on any atom is -0.398 e. The van der Waals surface area contributed by atoms with Crippen LogP contribution < -0.4 is 5.73 Å². The molecule has 106 valence electrons. The SMILES string of the molecule is Nc1cc(-c2nnnn2-c2cc(F)ccc2Cl)ccc1Cl. The van der Waals surface area contributed by atoms with Crippen LogP contribution in [-0.4, -0.2) is 20.2 Å². The minimum absolute atomic E-state index is 0.326. The summed E-state index contributed by atoms with van der Waals surface area (Å²) in [6.07, 6.45) is 0. The van der Waals surface area contributed by atoms with Crippen molar-refractivity contribution in [1.29, 1.82) is 0 Å². The van der Waals surface area contributed by atoms with Gasteiger partial charge in [-0.25, -0.2) is 4.39 Å². The Hall–Kier alpha value is -2.18. The second-order valence-electron chi connectivity index (χ2n) is 4.25. The van der Waals surface area contributed by atoms with E-state index in [4.69, 9.17) is 28.9 Å². The Morgan fingerprint density at radius 2 is 1.81 bits per heavy atom. The molecule has 0 amide bonds. The molecule has 0 saturated carbocycles. The molecule has 3 aromatic rings. The van der Waals surface area contributed by atoms with Gasteiger partial charge in [-0.2, -0.15) is 4.68 Å². The van der Waals surface area contributed by atoms with Crippen molar-refractivity contribution >= 4 is 28.9 Å². The smallest absolute Gasteiger partial charge is 0.187 e. The van der Waals surface area contributed by atoms with Crippen LogP contribution in [0.4, 0.5) is 10.1 Å². The first-order chi connectivity index (χ1) is 10.1. The van der Waals surface area contributed by atoms with Gasteiger partial charge in [0.25, 0.3) is 0 Å². The van der Waals surface area contributed by atoms with Crippen LogP contribution in [0.1, 0.15) is 0 Å². The van der Waals surface area contributed by atoms with Crippen molar-refractivity contribution in [1.82, 2.24) is 20.2 Å². The van der Waals surface area contributed by atoms with Crippen molar-refractivity contribution < 1.29 is 4.39 Å². The number of nitrogens with two attached hydrogens (primary N) is 1. The number of hydrogen-bond donors (Lipinski definition) is 1. The van der Waals surface area contributed by atoms with Crippen LogP contribution in [0.15, 0.2) is 36.4 Å². The third-order valence-electron chi connectivity index (χ3n) is 2.86. The number of hydrogen-bond acceptors (Lipinski definition) is 4. The number of benzene rings is 2. The number of rotatable bonds is 2. The third kappa shape index (κ3) is 2.55. The highest BCUT2D eigenvalue weighted by molar-refractivity contribution is 6.33. The molecule has 0 radical (unpaired) electrons. The van der Waals surface area contributed by atoms with Gasteiger partial charge in [-0.1, -0.05) is 23.2 Å². The fraction of sp³-hybridized carbons (Fsp3) is 0. The molecule has 0 aliphatic heterocycles. The van der Waals surface area contributed by atoms with Crippen LogP contribution in [0, 0.1) is 5.82 Å². The van der Waals surface area contributed by atoms with Gasteiger partial charge in [0.05, 0.1) is 21.4 Å². The van der Waals surface area contributed by atoms with E-state index in [0.717, 1.165) is 0 Å². The van der Waals surface area contributed by atoms with Crippen LogP contribution in [0.5, 0.6) is 0 Å². The van der Waals surface area contributed by atoms with Crippen molar-refractivity contribution in [3.8, 4) is 17.1 Å². The predicted octanol–water partition coefficient (Wildman–Crippen LogP) is 3.36. The number of nitrogens with zero attached hydrogens (tertiary/aromatic N) is 4. The first-order valence-electron chi connectivity index (χ1n) is 5.85. The standard InChI is InChI=1S/C13H8Cl2FN5/c14-9-3-1-7(5-11(9)17)13-18-19-20-21(13)12-6-8(16)2-4-10(12)15/h1-6H,17H2. The Labute approximate surface area is 129 Å². The van der Waals surface area contributed by atoms with Crippen LogP contribution >= 0.6 is 23.2 Å². The molecule has 0 bridgehead atoms. The summed E-state index contributed by atoms with van der Waals surface area (Å²) in [5.74, 6) is -0.0580. The van der Waals surface area contributed by atoms with Gasteiger partial charge in [-0.05, 0) is 40.8 Å². The molecule has 1 aromatic heterocycles. The zero-order valence-electron chi connectivity index (χ0n) is 10.5. The molecule has 0 spiro atoms. The van der Waals surface area contributed by atoms with Gasteiger partial charge < -0.3 is 5.73 Å². The molecule has 5 nitrogen and oxygen atoms in total. The van der Waals surface area contributed by atoms with Crippen LogP contribution in [0.2, 0.25) is 10.0 Å². The average molecular weight is 324 g/mol. The molecule has 8 heteroatoms. The summed E-state index contributed by atoms with van der Waals surface area (Å²) in [5.41, 5.74) is 7.15. The van der Waals surface area contributed by atoms with E-state index < -0.39 is 5.82 Å². The van der Waals surface area contributed by atoms with Crippen molar-refractivity contribution in [2.75, 3.05) is 5.73 Å². The molecule has 0 unspecified atom stereocenters. The lowest BCUT2D eigenvalue weighted by atomic mass is 10.2. The lowest BCUT2D eigenvalue weighted by Crippen LogP contribution is -2.02. The van der Waals surface area contributed by atoms with Gasteiger partial charge in [0.2, 0.25) is 0 Å². The second kappa shape index (κ2) is 5.31. The first kappa shape index (κ1) is 13.8. The Morgan fingerprint density at radius 3 is 2.57 bits per heavy atom. The summed E-state index contributed by atoms with van der Waals surface area (Å²) in [4.78, 5) is 0. The Balaban J connectivity index is 2.17. The van der Waals surface area contributed by atoms with Crippen molar-refractivity contribution in [2.45, 2.75) is 0 Å². The monoisotopic (exact) mass is 323 g/mol. The molecular formula is C13H8Cl2FN5. The van der Waals surface area contributed by atoms with E-state index in [-0.39, 0.29) is 0 Å². The van der Waals surface area contributed by atoms with E-state index in [0.29, 0.717) is 32.8 Å². The van der Waals surface area contributed by atoms with Crippen LogP contribution in [0.25, 0.3) is 17.1 Å². The molecule has 0 aliphatic rings. The molecule has 0 fully saturated rings. The molecule has 21 heavy (non-hydrogen) atoms. The quantitative estimate of drug-likeness (QED) is 0.734. The fourth-order valence-electron chi connectivity index (χ4n) is 1.86. The van der Waals surface area contributed by atoms with E-state index in [1.165, 1.54) is 22.9 Å². The predicted molar refractivity (Wildman–Crippen MR) is 79.0 cm³/mol. The number of nitrogen functional groups attached to an aromatic ring is 1. The van der Waals surface area contributed by atoms with Crippen LogP contribution in [-0.2, 0) is 0 Å². The van der Waals surface area contributed by atoms with Crippen LogP contribution in [0.3, 0.4) is 0 Å². The second-order valence-corrected chi connectivity index (χ2v) is 5.06. The van der Waals surface area contributed by atoms with Gasteiger partial charge in [0, 0.05) is 11.6 Å². The van der Waals surface area contributed by atoms with E-state index in [1.807, 2.05) is 0 Å². The summed E-state index contributed by atoms with van der Waals surface area (Å²) < 4.78 is 14.8. The van der Waals surface area contributed by atoms with E-state index in [9.17, 15) is 4.39 Å². The Bertz CT molecular complexity index is 818. The number of tetrazole rings is 1. The number of aromatic nitrogens is 4. The third-order valence-corrected chi connectivity index (χ3v) is 3.52. The van der Waals surface area contributed by atoms with Crippen molar-refractivity contribution in [3.63, 3.8) is 0 Å². The summed E-state index contributed by atoms with van der Waals surface area (Å²) in [7, 11) is 0. The van der Waals surface area contributed by atoms with Gasteiger partial charge in [0.1, 0.15) is 5.82 Å². The maximum atomic E-state index is 13.4. The fourth-order valence-corrected chi connectivity index (χ4v) is 2.18. The highest BCUT2D eigenvalue weighted by Crippen LogP contribution is 2.28. The minimum atomic E-state index is -0.438. The normalized spacial score (nSPS) is 10.8. The molecule has 0 atom stereocenters. The largest absolute Gasteiger partial charge is 0.398 e. The molecule has 1 heterocycles. The highest BCUT2D eigenvalue weighted by atomic mass is 35.5. The molecule has 3 rings (SSSR count). The highest BCUT2D eigenvalue weighted by Gasteiger charge is 2.15. The van der Waals surface area contributed by atoms with Crippen molar-refractivity contribution in [2.24, 2.45) is 0 Å². The Kier molecular flexibility index (Phi) is 3.48. The molecule has 0 aliphatic carbocycles. The topological polar surface area (TPSA) is 69.6 Å². The van der Waals surface area contributed by atoms with Gasteiger partial charge in [-0.15, -0.1) is 5.10 Å². The summed E-state index contributed by atoms with van der Waals surface area (Å²) >= 11 is 12.0. The molecule has 0 saturated heterocycles. The lowest BCUT2D eigenvalue weighted by Gasteiger charge is -2.07. The zero-order valence-corrected chi connectivity index (χ0v) is 12.0. The maximum Gasteiger partial charge on any atom is 0.187 e. The Morgan fingerprint density at radius 1 is 1.05 bits per heavy atom. The molecule has 2 N–H and O–H groups in total. The number of anilines is 1. The number of halogens is 3. The van der Waals surface area contributed by atoms with E-state index in [2.05, 4.69) is 15.5 Å². The lowest BCUT2D eigenvalue weighted by molar-refractivity contribution is 0.625. The van der Waals surface area contributed by atoms with E-state index >= 15 is 0 Å². The first-order valence-corrected chi connectivity index (χ1v) is 6.61. The summed E-state index contributed by atoms with van der Waals surface area (Å²) in [6.45, 7) is 0. The zero-order chi connectivity index (χ0) is 15.0. The summed E-state index contributed by atoms with van der Waals surface area (Å²) in [6, 6.07) is 8.94. The van der Waals surface area contributed by atoms with Gasteiger partial charge in [0.15, 0.2) is 5.82 Å².